The van der Waals surface area contributed by atoms with Crippen molar-refractivity contribution in [2.45, 2.75) is 25.9 Å². The predicted molar refractivity (Wildman–Crippen MR) is 123 cm³/mol. The van der Waals surface area contributed by atoms with Gasteiger partial charge in [0.1, 0.15) is 5.75 Å². The van der Waals surface area contributed by atoms with Crippen molar-refractivity contribution in [2.24, 2.45) is 0 Å². The van der Waals surface area contributed by atoms with Crippen molar-refractivity contribution in [3.63, 3.8) is 0 Å². The SMILES string of the molecule is COc1cc(C)c2[nH]ccc2c1CN1CCN(CC(F)F)CC1c1ccc(C(=O)O)c(N)c1. The lowest BCUT2D eigenvalue weighted by Crippen LogP contribution is -2.49. The lowest BCUT2D eigenvalue weighted by Gasteiger charge is -2.42. The summed E-state index contributed by atoms with van der Waals surface area (Å²) in [6, 6.07) is 8.63. The number of anilines is 1. The molecule has 1 aliphatic rings. The fourth-order valence-electron chi connectivity index (χ4n) is 4.71. The van der Waals surface area contributed by atoms with Crippen molar-refractivity contribution < 1.29 is 23.4 Å². The summed E-state index contributed by atoms with van der Waals surface area (Å²) in [5, 5.41) is 10.4. The van der Waals surface area contributed by atoms with Crippen LogP contribution in [0.3, 0.4) is 0 Å². The molecular weight excluding hydrogens is 430 g/mol. The summed E-state index contributed by atoms with van der Waals surface area (Å²) < 4.78 is 31.9. The van der Waals surface area contributed by atoms with Crippen LogP contribution >= 0.6 is 0 Å². The zero-order valence-electron chi connectivity index (χ0n) is 18.6. The molecule has 0 bridgehead atoms. The third-order valence-corrected chi connectivity index (χ3v) is 6.35. The number of fused-ring (bicyclic) bond motifs is 1. The number of nitrogens with two attached hydrogens (primary N) is 1. The van der Waals surface area contributed by atoms with Gasteiger partial charge < -0.3 is 20.6 Å². The van der Waals surface area contributed by atoms with Crippen LogP contribution in [0.2, 0.25) is 0 Å². The van der Waals surface area contributed by atoms with Crippen molar-refractivity contribution in [1.29, 1.82) is 0 Å². The first-order valence-corrected chi connectivity index (χ1v) is 10.8. The molecule has 1 unspecified atom stereocenters. The Labute approximate surface area is 190 Å². The molecule has 0 saturated carbocycles. The number of aromatic carboxylic acids is 1. The second kappa shape index (κ2) is 9.36. The molecule has 7 nitrogen and oxygen atoms in total. The van der Waals surface area contributed by atoms with Gasteiger partial charge in [-0.2, -0.15) is 0 Å². The van der Waals surface area contributed by atoms with E-state index < -0.39 is 12.4 Å². The smallest absolute Gasteiger partial charge is 0.337 e. The number of aromatic nitrogens is 1. The number of carbonyl (C=O) groups is 1. The van der Waals surface area contributed by atoms with E-state index in [2.05, 4.69) is 9.88 Å². The van der Waals surface area contributed by atoms with E-state index in [-0.39, 0.29) is 23.8 Å². The minimum Gasteiger partial charge on any atom is -0.496 e. The normalized spacial score (nSPS) is 17.7. The topological polar surface area (TPSA) is 94.8 Å². The minimum atomic E-state index is -2.42. The molecule has 0 radical (unpaired) electrons. The Morgan fingerprint density at radius 1 is 1.30 bits per heavy atom. The Morgan fingerprint density at radius 2 is 2.09 bits per heavy atom. The molecule has 1 aliphatic heterocycles. The van der Waals surface area contributed by atoms with E-state index in [9.17, 15) is 18.7 Å². The molecular formula is C24H28F2N4O3. The average Bonchev–Trinajstić information content (AvgIpc) is 3.26. The van der Waals surface area contributed by atoms with Gasteiger partial charge in [0.25, 0.3) is 6.43 Å². The second-order valence-corrected chi connectivity index (χ2v) is 8.43. The Kier molecular flexibility index (Phi) is 6.53. The van der Waals surface area contributed by atoms with Crippen molar-refractivity contribution >= 4 is 22.6 Å². The second-order valence-electron chi connectivity index (χ2n) is 8.43. The first-order chi connectivity index (χ1) is 15.8. The summed E-state index contributed by atoms with van der Waals surface area (Å²) in [5.74, 6) is -0.327. The fourth-order valence-corrected chi connectivity index (χ4v) is 4.71. The monoisotopic (exact) mass is 458 g/mol. The van der Waals surface area contributed by atoms with E-state index in [0.717, 1.165) is 33.3 Å². The van der Waals surface area contributed by atoms with Gasteiger partial charge in [-0.15, -0.1) is 0 Å². The zero-order valence-corrected chi connectivity index (χ0v) is 18.6. The van der Waals surface area contributed by atoms with Gasteiger partial charge in [0.2, 0.25) is 0 Å². The largest absolute Gasteiger partial charge is 0.496 e. The molecule has 9 heteroatoms. The number of carboxylic acid groups (broad SMARTS) is 1. The van der Waals surface area contributed by atoms with E-state index in [0.29, 0.717) is 26.2 Å². The molecule has 4 rings (SSSR count). The number of halogens is 2. The maximum Gasteiger partial charge on any atom is 0.337 e. The van der Waals surface area contributed by atoms with Crippen LogP contribution in [-0.4, -0.2) is 65.6 Å². The number of aryl methyl sites for hydroxylation is 1. The van der Waals surface area contributed by atoms with E-state index in [1.165, 1.54) is 6.07 Å². The molecule has 0 aliphatic carbocycles. The molecule has 176 valence electrons. The lowest BCUT2D eigenvalue weighted by atomic mass is 9.97. The molecule has 1 fully saturated rings. The highest BCUT2D eigenvalue weighted by Gasteiger charge is 2.31. The first kappa shape index (κ1) is 23.0. The van der Waals surface area contributed by atoms with Gasteiger partial charge in [-0.25, -0.2) is 13.6 Å². The van der Waals surface area contributed by atoms with Crippen LogP contribution < -0.4 is 10.5 Å². The van der Waals surface area contributed by atoms with E-state index in [1.54, 1.807) is 24.1 Å². The molecule has 1 atom stereocenters. The number of nitrogen functional groups attached to an aromatic ring is 1. The van der Waals surface area contributed by atoms with E-state index >= 15 is 0 Å². The fraction of sp³-hybridized carbons (Fsp3) is 0.375. The molecule has 4 N–H and O–H groups in total. The summed E-state index contributed by atoms with van der Waals surface area (Å²) >= 11 is 0. The van der Waals surface area contributed by atoms with Gasteiger partial charge in [-0.3, -0.25) is 9.80 Å². The van der Waals surface area contributed by atoms with Crippen LogP contribution in [0.1, 0.15) is 33.1 Å². The van der Waals surface area contributed by atoms with E-state index in [1.807, 2.05) is 25.3 Å². The van der Waals surface area contributed by atoms with Crippen LogP contribution in [0.15, 0.2) is 36.5 Å². The quantitative estimate of drug-likeness (QED) is 0.465. The molecule has 0 amide bonds. The van der Waals surface area contributed by atoms with Crippen molar-refractivity contribution in [2.75, 3.05) is 39.0 Å². The number of ether oxygens (including phenoxy) is 1. The number of hydrogen-bond donors (Lipinski definition) is 3. The Morgan fingerprint density at radius 3 is 2.76 bits per heavy atom. The lowest BCUT2D eigenvalue weighted by molar-refractivity contribution is 0.0246. The van der Waals surface area contributed by atoms with Crippen molar-refractivity contribution in [3.8, 4) is 5.75 Å². The zero-order chi connectivity index (χ0) is 23.7. The molecule has 0 spiro atoms. The number of benzene rings is 2. The summed E-state index contributed by atoms with van der Waals surface area (Å²) in [5.41, 5.74) is 10.1. The third kappa shape index (κ3) is 4.65. The number of H-pyrrole nitrogens is 1. The molecule has 1 saturated heterocycles. The molecule has 2 heterocycles. The Balaban J connectivity index is 1.71. The molecule has 1 aromatic heterocycles. The molecule has 3 aromatic rings. The minimum absolute atomic E-state index is 0.0276. The number of hydrogen-bond acceptors (Lipinski definition) is 5. The van der Waals surface area contributed by atoms with Gasteiger partial charge in [0.15, 0.2) is 0 Å². The predicted octanol–water partition coefficient (Wildman–Crippen LogP) is 3.89. The summed E-state index contributed by atoms with van der Waals surface area (Å²) in [6.45, 7) is 3.73. The number of nitrogens with zero attached hydrogens (tertiary/aromatic N) is 2. The van der Waals surface area contributed by atoms with Crippen LogP contribution in [0, 0.1) is 6.92 Å². The van der Waals surface area contributed by atoms with Gasteiger partial charge in [0, 0.05) is 60.6 Å². The number of carboxylic acids is 1. The summed E-state index contributed by atoms with van der Waals surface area (Å²) in [4.78, 5) is 18.6. The van der Waals surface area contributed by atoms with Gasteiger partial charge in [-0.05, 0) is 42.3 Å². The van der Waals surface area contributed by atoms with E-state index in [4.69, 9.17) is 10.5 Å². The average molecular weight is 459 g/mol. The number of alkyl halides is 2. The number of piperazine rings is 1. The highest BCUT2D eigenvalue weighted by molar-refractivity contribution is 5.93. The van der Waals surface area contributed by atoms with Crippen LogP contribution in [0.25, 0.3) is 10.9 Å². The Hall–Kier alpha value is -3.17. The summed E-state index contributed by atoms with van der Waals surface area (Å²) in [6.07, 6.45) is -0.530. The van der Waals surface area contributed by atoms with Crippen molar-refractivity contribution in [3.05, 3.63) is 58.8 Å². The highest BCUT2D eigenvalue weighted by atomic mass is 19.3. The van der Waals surface area contributed by atoms with Crippen LogP contribution in [-0.2, 0) is 6.54 Å². The van der Waals surface area contributed by atoms with Crippen LogP contribution in [0.5, 0.6) is 5.75 Å². The van der Waals surface area contributed by atoms with Gasteiger partial charge in [0.05, 0.1) is 19.2 Å². The maximum atomic E-state index is 13.1. The Bertz CT molecular complexity index is 1160. The van der Waals surface area contributed by atoms with Crippen LogP contribution in [0.4, 0.5) is 14.5 Å². The molecule has 33 heavy (non-hydrogen) atoms. The van der Waals surface area contributed by atoms with Gasteiger partial charge in [-0.1, -0.05) is 6.07 Å². The number of aromatic amines is 1. The van der Waals surface area contributed by atoms with Crippen molar-refractivity contribution in [1.82, 2.24) is 14.8 Å². The number of rotatable bonds is 7. The van der Waals surface area contributed by atoms with Gasteiger partial charge >= 0.3 is 5.97 Å². The highest BCUT2D eigenvalue weighted by Crippen LogP contribution is 2.35. The first-order valence-electron chi connectivity index (χ1n) is 10.8. The summed E-state index contributed by atoms with van der Waals surface area (Å²) in [7, 11) is 1.64. The standard InChI is InChI=1S/C24H28F2N4O3/c1-14-9-21(33-2)18(16-5-6-28-23(14)16)11-30-8-7-29(13-22(25)26)12-20(30)15-3-4-17(24(31)32)19(27)10-15/h3-6,9-10,20,22,28H,7-8,11-13,27H2,1-2H3,(H,31,32). The maximum absolute atomic E-state index is 13.1. The molecule has 2 aromatic carbocycles. The number of methoxy groups -OCH3 is 1. The third-order valence-electron chi connectivity index (χ3n) is 6.35. The number of nitrogens with one attached hydrogen (secondary N) is 1.